The van der Waals surface area contributed by atoms with E-state index in [0.717, 1.165) is 110 Å². The number of H-pyrrole nitrogens is 1. The lowest BCUT2D eigenvalue weighted by Gasteiger charge is -2.35. The number of carbonyl (C=O) groups is 3. The van der Waals surface area contributed by atoms with Crippen molar-refractivity contribution in [2.75, 3.05) is 108 Å². The molecule has 0 atom stereocenters. The number of carbonyl (C=O) groups excluding carboxylic acids is 3. The van der Waals surface area contributed by atoms with Gasteiger partial charge in [-0.15, -0.1) is 0 Å². The van der Waals surface area contributed by atoms with E-state index >= 15 is 0 Å². The van der Waals surface area contributed by atoms with E-state index in [1.807, 2.05) is 126 Å². The van der Waals surface area contributed by atoms with Crippen molar-refractivity contribution >= 4 is 64.1 Å². The smallest absolute Gasteiger partial charge is 0.328 e. The van der Waals surface area contributed by atoms with Gasteiger partial charge in [0.05, 0.1) is 56.3 Å². The number of aryl methyl sites for hydroxylation is 4. The molecule has 8 rings (SSSR count). The van der Waals surface area contributed by atoms with Crippen LogP contribution in [0.15, 0.2) is 99.5 Å². The van der Waals surface area contributed by atoms with E-state index < -0.39 is 0 Å². The van der Waals surface area contributed by atoms with E-state index in [1.165, 1.54) is 18.2 Å². The minimum atomic E-state index is -0.390. The number of hydrogen-bond donors (Lipinski definition) is 7. The Bertz CT molecular complexity index is 3820. The summed E-state index contributed by atoms with van der Waals surface area (Å²) in [6.07, 6.45) is 8.17. The second-order valence-corrected chi connectivity index (χ2v) is 24.5. The van der Waals surface area contributed by atoms with Crippen LogP contribution in [-0.4, -0.2) is 152 Å². The molecule has 0 saturated carbocycles. The molecule has 1 aliphatic rings. The highest BCUT2D eigenvalue weighted by molar-refractivity contribution is 8.00. The first-order valence-corrected chi connectivity index (χ1v) is 32.7. The van der Waals surface area contributed by atoms with E-state index in [-0.39, 0.29) is 48.1 Å². The number of fused-ring (bicyclic) bond motifs is 1. The van der Waals surface area contributed by atoms with Gasteiger partial charge in [-0.2, -0.15) is 0 Å². The fourth-order valence-corrected chi connectivity index (χ4v) is 11.7. The molecular formula is C69H91N13O10S. The predicted molar refractivity (Wildman–Crippen MR) is 369 cm³/mol. The summed E-state index contributed by atoms with van der Waals surface area (Å²) < 4.78 is 36.5. The molecule has 0 radical (unpaired) electrons. The molecule has 23 nitrogen and oxygen atoms in total. The number of anilines is 3. The number of aromatic nitrogens is 4. The fraction of sp³-hybridized carbons (Fsp3) is 0.435. The van der Waals surface area contributed by atoms with Crippen molar-refractivity contribution in [1.82, 2.24) is 44.9 Å². The Kier molecular flexibility index (Phi) is 25.6. The summed E-state index contributed by atoms with van der Waals surface area (Å²) in [7, 11) is 8.59. The third kappa shape index (κ3) is 19.5. The molecule has 4 heterocycles. The lowest BCUT2D eigenvalue weighted by molar-refractivity contribution is -0.122. The number of nitrogens with zero attached hydrogens (tertiary/aromatic N) is 6. The monoisotopic (exact) mass is 1290 g/mol. The number of pyridine rings is 2. The molecule has 1 aliphatic heterocycles. The van der Waals surface area contributed by atoms with Crippen LogP contribution in [0.1, 0.15) is 98.5 Å². The maximum atomic E-state index is 13.7. The van der Waals surface area contributed by atoms with E-state index in [0.29, 0.717) is 107 Å². The van der Waals surface area contributed by atoms with Crippen molar-refractivity contribution in [2.24, 2.45) is 14.1 Å². The summed E-state index contributed by atoms with van der Waals surface area (Å²) >= 11 is 1.36. The molecule has 7 N–H and O–H groups in total. The number of ether oxygens (including phenoxy) is 5. The van der Waals surface area contributed by atoms with Gasteiger partial charge >= 0.3 is 5.69 Å². The van der Waals surface area contributed by atoms with Crippen LogP contribution in [-0.2, 0) is 30.2 Å². The molecule has 0 unspecified atom stereocenters. The molecule has 3 aromatic heterocycles. The van der Waals surface area contributed by atoms with Gasteiger partial charge in [-0.25, -0.2) is 9.78 Å². The highest BCUT2D eigenvalue weighted by atomic mass is 32.2. The highest BCUT2D eigenvalue weighted by Crippen LogP contribution is 2.40. The Morgan fingerprint density at radius 2 is 1.47 bits per heavy atom. The Morgan fingerprint density at radius 1 is 0.753 bits per heavy atom. The maximum Gasteiger partial charge on any atom is 0.328 e. The zero-order valence-corrected chi connectivity index (χ0v) is 56.2. The van der Waals surface area contributed by atoms with Gasteiger partial charge in [0.1, 0.15) is 23.1 Å². The number of methoxy groups -OCH3 is 2. The normalized spacial score (nSPS) is 12.5. The van der Waals surface area contributed by atoms with Crippen LogP contribution in [0, 0.1) is 19.3 Å². The van der Waals surface area contributed by atoms with Crippen molar-refractivity contribution in [2.45, 2.75) is 97.0 Å². The maximum absolute atomic E-state index is 13.7. The SMILES string of the molecule is CCCOc1cc(OCCCCN(C)CC(=O)NCCCCCC(=O)NCCN2CCN(c3ccc(-c4cc(NC(C)C)c(C=N)c(C(=O)NCc5c(C)cc(C)[nH]c5=O)c4)cn3)CC2)cc(Oc2cc3c(cc2NSc2ccc(OC)c(OC)c2)n(C)c(=O)n3C)c1. The fourth-order valence-electron chi connectivity index (χ4n) is 11.0. The molecule has 498 valence electrons. The van der Waals surface area contributed by atoms with Crippen LogP contribution in [0.4, 0.5) is 17.2 Å². The summed E-state index contributed by atoms with van der Waals surface area (Å²) in [4.78, 5) is 80.1. The van der Waals surface area contributed by atoms with Gasteiger partial charge < -0.3 is 65.0 Å². The minimum Gasteiger partial charge on any atom is -0.493 e. The van der Waals surface area contributed by atoms with Crippen LogP contribution in [0.3, 0.4) is 0 Å². The zero-order valence-electron chi connectivity index (χ0n) is 55.3. The molecule has 0 bridgehead atoms. The molecule has 93 heavy (non-hydrogen) atoms. The summed E-state index contributed by atoms with van der Waals surface area (Å²) in [6.45, 7) is 16.8. The van der Waals surface area contributed by atoms with Gasteiger partial charge in [0, 0.05) is 149 Å². The van der Waals surface area contributed by atoms with Gasteiger partial charge in [-0.3, -0.25) is 38.1 Å². The van der Waals surface area contributed by atoms with Gasteiger partial charge in [-0.05, 0) is 151 Å². The first-order chi connectivity index (χ1) is 44.8. The van der Waals surface area contributed by atoms with Crippen molar-refractivity contribution in [1.29, 1.82) is 5.41 Å². The Balaban J connectivity index is 0.702. The first-order valence-electron chi connectivity index (χ1n) is 31.9. The third-order valence-electron chi connectivity index (χ3n) is 16.0. The van der Waals surface area contributed by atoms with E-state index in [4.69, 9.17) is 34.1 Å². The molecule has 7 aromatic rings. The van der Waals surface area contributed by atoms with Crippen LogP contribution in [0.25, 0.3) is 22.2 Å². The van der Waals surface area contributed by atoms with Crippen LogP contribution in [0.2, 0.25) is 0 Å². The number of unbranched alkanes of at least 4 members (excludes halogenated alkanes) is 3. The van der Waals surface area contributed by atoms with Crippen molar-refractivity contribution < 1.29 is 38.1 Å². The largest absolute Gasteiger partial charge is 0.493 e. The summed E-state index contributed by atoms with van der Waals surface area (Å²) in [6, 6.07) is 24.5. The molecular weight excluding hydrogens is 1200 g/mol. The van der Waals surface area contributed by atoms with Gasteiger partial charge in [0.2, 0.25) is 11.8 Å². The molecule has 1 saturated heterocycles. The molecule has 0 aliphatic carbocycles. The molecule has 0 spiro atoms. The number of amides is 3. The number of nitrogens with one attached hydrogen (secondary N) is 7. The number of benzene rings is 4. The number of imidazole rings is 1. The number of piperazine rings is 1. The second kappa shape index (κ2) is 34.1. The lowest BCUT2D eigenvalue weighted by Crippen LogP contribution is -2.48. The number of aromatic amines is 1. The van der Waals surface area contributed by atoms with Crippen LogP contribution < -0.4 is 65.8 Å². The van der Waals surface area contributed by atoms with Gasteiger partial charge in [0.15, 0.2) is 17.2 Å². The van der Waals surface area contributed by atoms with Crippen LogP contribution in [0.5, 0.6) is 34.5 Å². The highest BCUT2D eigenvalue weighted by Gasteiger charge is 2.22. The summed E-state index contributed by atoms with van der Waals surface area (Å²) in [5.41, 5.74) is 6.73. The predicted octanol–water partition coefficient (Wildman–Crippen LogP) is 9.42. The Morgan fingerprint density at radius 3 is 2.16 bits per heavy atom. The number of likely N-dealkylation sites (N-methyl/N-ethyl adjacent to an activating group) is 1. The summed E-state index contributed by atoms with van der Waals surface area (Å²) in [5.74, 6) is 3.85. The average Bonchev–Trinajstić information content (AvgIpc) is 1.70. The molecule has 3 amide bonds. The minimum absolute atomic E-state index is 0.0297. The van der Waals surface area contributed by atoms with Gasteiger partial charge in [0.25, 0.3) is 11.5 Å². The molecule has 24 heteroatoms. The van der Waals surface area contributed by atoms with Crippen molar-refractivity contribution in [3.63, 3.8) is 0 Å². The zero-order chi connectivity index (χ0) is 66.6. The summed E-state index contributed by atoms with van der Waals surface area (Å²) in [5, 5.41) is 20.6. The average molecular weight is 1290 g/mol. The van der Waals surface area contributed by atoms with Crippen LogP contribution >= 0.6 is 11.9 Å². The number of rotatable bonds is 35. The molecule has 4 aromatic carbocycles. The standard InChI is InChI=1S/C69H91N13O10S/c1-11-30-90-50-35-51(37-52(36-50)92-62-40-60-59(79(7)69(87)80(60)8)39-58(62)77-93-53-19-20-61(88-9)63(38-53)89-10)91-31-16-15-24-78(6)44-66(84)71-22-14-12-13-17-65(83)72-23-25-81-26-28-82(29-27-81)64-21-18-48(42-73-64)49-33-54(55(41-70)57(34-49)75-45(2)3)67(85)74-43-56-46(4)32-47(5)76-68(56)86/h18-21,32-42,45,70,75,77H,11-17,22-31,43-44H2,1-10H3,(H,71,84)(H,72,83)(H,74,85)(H,76,86). The Labute approximate surface area is 548 Å². The van der Waals surface area contributed by atoms with Crippen molar-refractivity contribution in [3.05, 3.63) is 134 Å². The first kappa shape index (κ1) is 69.9. The van der Waals surface area contributed by atoms with Crippen molar-refractivity contribution in [3.8, 4) is 45.6 Å². The lowest BCUT2D eigenvalue weighted by atomic mass is 9.97. The quantitative estimate of drug-likeness (QED) is 0.0111. The third-order valence-corrected chi connectivity index (χ3v) is 16.9. The topological polar surface area (TPSA) is 264 Å². The van der Waals surface area contributed by atoms with Gasteiger partial charge in [-0.1, -0.05) is 13.3 Å². The van der Waals surface area contributed by atoms with E-state index in [2.05, 4.69) is 40.8 Å². The molecule has 1 fully saturated rings. The number of hydrogen-bond acceptors (Lipinski definition) is 18. The Hall–Kier alpha value is -9.00. The van der Waals surface area contributed by atoms with E-state index in [9.17, 15) is 24.0 Å². The van der Waals surface area contributed by atoms with E-state index in [1.54, 1.807) is 43.5 Å². The second-order valence-electron chi connectivity index (χ2n) is 23.6.